The van der Waals surface area contributed by atoms with E-state index in [1.165, 1.54) is 22.9 Å². The van der Waals surface area contributed by atoms with E-state index < -0.39 is 5.82 Å². The molecule has 3 rings (SSSR count). The molecule has 1 amide bonds. The summed E-state index contributed by atoms with van der Waals surface area (Å²) in [5, 5.41) is 14.7. The van der Waals surface area contributed by atoms with E-state index in [0.717, 1.165) is 17.3 Å². The molecule has 140 valence electrons. The molecule has 1 aromatic heterocycles. The molecule has 2 aromatic carbocycles. The van der Waals surface area contributed by atoms with Gasteiger partial charge in [-0.05, 0) is 53.2 Å². The number of benzene rings is 2. The van der Waals surface area contributed by atoms with Gasteiger partial charge in [0, 0.05) is 5.69 Å². The van der Waals surface area contributed by atoms with Crippen LogP contribution in [-0.2, 0) is 4.79 Å². The summed E-state index contributed by atoms with van der Waals surface area (Å²) in [6.45, 7) is 1.95. The van der Waals surface area contributed by atoms with Crippen molar-refractivity contribution in [3.8, 4) is 11.4 Å². The maximum absolute atomic E-state index is 13.2. The Morgan fingerprint density at radius 3 is 2.89 bits per heavy atom. The zero-order valence-corrected chi connectivity index (χ0v) is 16.0. The molecule has 3 aromatic rings. The van der Waals surface area contributed by atoms with Crippen LogP contribution in [0.4, 0.5) is 10.1 Å². The lowest BCUT2D eigenvalue weighted by molar-refractivity contribution is -0.113. The van der Waals surface area contributed by atoms with E-state index in [1.54, 1.807) is 7.11 Å². The topological polar surface area (TPSA) is 81.9 Å². The molecule has 0 saturated heterocycles. The molecule has 7 nitrogen and oxygen atoms in total. The maximum Gasteiger partial charge on any atom is 0.234 e. The number of amides is 1. The quantitative estimate of drug-likeness (QED) is 0.630. The number of carbonyl (C=O) groups is 1. The Morgan fingerprint density at radius 1 is 1.33 bits per heavy atom. The third kappa shape index (κ3) is 4.55. The average molecular weight is 408 g/mol. The van der Waals surface area contributed by atoms with Crippen molar-refractivity contribution in [1.29, 1.82) is 0 Å². The lowest BCUT2D eigenvalue weighted by Gasteiger charge is -2.10. The zero-order valence-electron chi connectivity index (χ0n) is 14.4. The first-order valence-electron chi connectivity index (χ1n) is 7.79. The average Bonchev–Trinajstić information content (AvgIpc) is 3.11. The molecule has 0 fully saturated rings. The molecule has 1 heterocycles. The fourth-order valence-electron chi connectivity index (χ4n) is 2.29. The molecule has 0 spiro atoms. The number of methoxy groups -OCH3 is 1. The van der Waals surface area contributed by atoms with E-state index in [2.05, 4.69) is 20.8 Å². The second kappa shape index (κ2) is 8.36. The maximum atomic E-state index is 13.2. The van der Waals surface area contributed by atoms with Gasteiger partial charge in [0.1, 0.15) is 17.3 Å². The molecular weight excluding hydrogens is 393 g/mol. The highest BCUT2D eigenvalue weighted by atomic mass is 35.5. The van der Waals surface area contributed by atoms with E-state index >= 15 is 0 Å². The molecule has 0 aliphatic heterocycles. The molecule has 0 saturated carbocycles. The number of nitrogens with one attached hydrogen (secondary N) is 1. The summed E-state index contributed by atoms with van der Waals surface area (Å²) in [6.07, 6.45) is 0. The fourth-order valence-corrected chi connectivity index (χ4v) is 3.15. The SMILES string of the molecule is COc1ccc(C)cc1-n1nnnc1SCC(=O)Nc1ccc(F)c(Cl)c1. The number of halogens is 2. The number of aromatic nitrogens is 4. The third-order valence-corrected chi connectivity index (χ3v) is 4.75. The van der Waals surface area contributed by atoms with Crippen molar-refractivity contribution in [2.24, 2.45) is 0 Å². The van der Waals surface area contributed by atoms with Crippen molar-refractivity contribution < 1.29 is 13.9 Å². The number of nitrogens with zero attached hydrogens (tertiary/aromatic N) is 4. The number of hydrogen-bond acceptors (Lipinski definition) is 6. The summed E-state index contributed by atoms with van der Waals surface area (Å²) < 4.78 is 20.1. The number of ether oxygens (including phenoxy) is 1. The number of tetrazole rings is 1. The number of anilines is 1. The molecule has 0 radical (unpaired) electrons. The van der Waals surface area contributed by atoms with Gasteiger partial charge >= 0.3 is 0 Å². The van der Waals surface area contributed by atoms with Crippen LogP contribution in [0.2, 0.25) is 5.02 Å². The molecule has 0 aliphatic rings. The van der Waals surface area contributed by atoms with Crippen LogP contribution in [-0.4, -0.2) is 39.0 Å². The van der Waals surface area contributed by atoms with Gasteiger partial charge in [-0.2, -0.15) is 4.68 Å². The zero-order chi connectivity index (χ0) is 19.4. The standard InChI is InChI=1S/C17H15ClFN5O2S/c1-10-3-6-15(26-2)14(7-10)24-17(21-22-23-24)27-9-16(25)20-11-4-5-13(19)12(18)8-11/h3-8H,9H2,1-2H3,(H,20,25). The number of rotatable bonds is 6. The van der Waals surface area contributed by atoms with E-state index in [1.807, 2.05) is 25.1 Å². The first-order valence-corrected chi connectivity index (χ1v) is 9.15. The van der Waals surface area contributed by atoms with Gasteiger partial charge in [0.05, 0.1) is 17.9 Å². The predicted octanol–water partition coefficient (Wildman–Crippen LogP) is 3.50. The summed E-state index contributed by atoms with van der Waals surface area (Å²) in [5.41, 5.74) is 2.10. The van der Waals surface area contributed by atoms with Crippen LogP contribution in [0.25, 0.3) is 5.69 Å². The Labute approximate surface area is 163 Å². The van der Waals surface area contributed by atoms with Crippen LogP contribution >= 0.6 is 23.4 Å². The molecule has 27 heavy (non-hydrogen) atoms. The van der Waals surface area contributed by atoms with Crippen molar-refractivity contribution in [3.05, 3.63) is 52.8 Å². The Kier molecular flexibility index (Phi) is 5.92. The van der Waals surface area contributed by atoms with Crippen molar-refractivity contribution in [2.45, 2.75) is 12.1 Å². The van der Waals surface area contributed by atoms with Crippen molar-refractivity contribution in [1.82, 2.24) is 20.2 Å². The van der Waals surface area contributed by atoms with Gasteiger partial charge in [-0.1, -0.05) is 29.4 Å². The van der Waals surface area contributed by atoms with Crippen LogP contribution in [0.5, 0.6) is 5.75 Å². The fraction of sp³-hybridized carbons (Fsp3) is 0.176. The van der Waals surface area contributed by atoms with Gasteiger partial charge in [-0.25, -0.2) is 4.39 Å². The summed E-state index contributed by atoms with van der Waals surface area (Å²) in [5.74, 6) is -0.173. The second-order valence-corrected chi connectivity index (χ2v) is 6.86. The minimum absolute atomic E-state index is 0.0590. The highest BCUT2D eigenvalue weighted by molar-refractivity contribution is 7.99. The van der Waals surface area contributed by atoms with E-state index in [9.17, 15) is 9.18 Å². The summed E-state index contributed by atoms with van der Waals surface area (Å²) in [7, 11) is 1.56. The molecule has 0 aliphatic carbocycles. The highest BCUT2D eigenvalue weighted by Gasteiger charge is 2.15. The van der Waals surface area contributed by atoms with Crippen LogP contribution in [0.3, 0.4) is 0 Å². The monoisotopic (exact) mass is 407 g/mol. The number of aryl methyl sites for hydroxylation is 1. The van der Waals surface area contributed by atoms with Crippen molar-refractivity contribution in [3.63, 3.8) is 0 Å². The van der Waals surface area contributed by atoms with Gasteiger partial charge in [-0.15, -0.1) is 5.10 Å². The van der Waals surface area contributed by atoms with Crippen LogP contribution in [0, 0.1) is 12.7 Å². The first kappa shape index (κ1) is 19.1. The molecule has 0 atom stereocenters. The number of thioether (sulfide) groups is 1. The first-order chi connectivity index (χ1) is 13.0. The summed E-state index contributed by atoms with van der Waals surface area (Å²) >= 11 is 6.87. The van der Waals surface area contributed by atoms with Gasteiger partial charge in [0.2, 0.25) is 11.1 Å². The minimum Gasteiger partial charge on any atom is -0.494 e. The van der Waals surface area contributed by atoms with Gasteiger partial charge in [0.25, 0.3) is 0 Å². The Hall–Kier alpha value is -2.65. The van der Waals surface area contributed by atoms with Gasteiger partial charge < -0.3 is 10.1 Å². The predicted molar refractivity (Wildman–Crippen MR) is 101 cm³/mol. The lowest BCUT2D eigenvalue weighted by Crippen LogP contribution is -2.14. The highest BCUT2D eigenvalue weighted by Crippen LogP contribution is 2.27. The molecule has 10 heteroatoms. The molecular formula is C17H15ClFN5O2S. The van der Waals surface area contributed by atoms with Gasteiger partial charge in [0.15, 0.2) is 0 Å². The van der Waals surface area contributed by atoms with Crippen LogP contribution in [0.15, 0.2) is 41.6 Å². The largest absolute Gasteiger partial charge is 0.494 e. The van der Waals surface area contributed by atoms with Gasteiger partial charge in [-0.3, -0.25) is 4.79 Å². The normalized spacial score (nSPS) is 10.7. The van der Waals surface area contributed by atoms with E-state index in [-0.39, 0.29) is 16.7 Å². The second-order valence-electron chi connectivity index (χ2n) is 5.51. The molecule has 0 bridgehead atoms. The smallest absolute Gasteiger partial charge is 0.234 e. The van der Waals surface area contributed by atoms with E-state index in [0.29, 0.717) is 22.3 Å². The van der Waals surface area contributed by atoms with Crippen LogP contribution < -0.4 is 10.1 Å². The summed E-state index contributed by atoms with van der Waals surface area (Å²) in [6, 6.07) is 9.61. The van der Waals surface area contributed by atoms with E-state index in [4.69, 9.17) is 16.3 Å². The molecule has 1 N–H and O–H groups in total. The Balaban J connectivity index is 1.71. The van der Waals surface area contributed by atoms with Crippen LogP contribution in [0.1, 0.15) is 5.56 Å². The summed E-state index contributed by atoms with van der Waals surface area (Å²) in [4.78, 5) is 12.2. The number of hydrogen-bond donors (Lipinski definition) is 1. The Bertz CT molecular complexity index is 982. The minimum atomic E-state index is -0.546. The Morgan fingerprint density at radius 2 is 2.15 bits per heavy atom. The van der Waals surface area contributed by atoms with Crippen molar-refractivity contribution >= 4 is 35.0 Å². The lowest BCUT2D eigenvalue weighted by atomic mass is 10.2. The third-order valence-electron chi connectivity index (χ3n) is 3.54. The van der Waals surface area contributed by atoms with Crippen molar-refractivity contribution in [2.75, 3.05) is 18.2 Å². The number of carbonyl (C=O) groups excluding carboxylic acids is 1. The molecule has 0 unspecified atom stereocenters.